The van der Waals surface area contributed by atoms with Gasteiger partial charge in [-0.1, -0.05) is 42.5 Å². The van der Waals surface area contributed by atoms with Crippen molar-refractivity contribution in [1.29, 1.82) is 0 Å². The average molecular weight is 422 g/mol. The summed E-state index contributed by atoms with van der Waals surface area (Å²) in [6, 6.07) is 13.9. The fourth-order valence-electron chi connectivity index (χ4n) is 7.10. The number of aliphatic hydroxyl groups is 1. The Kier molecular flexibility index (Phi) is 5.04. The molecule has 4 saturated carbocycles. The molecule has 6 rings (SSSR count). The van der Waals surface area contributed by atoms with Gasteiger partial charge in [-0.3, -0.25) is 9.59 Å². The molecule has 4 aliphatic rings. The van der Waals surface area contributed by atoms with E-state index in [1.807, 2.05) is 37.3 Å². The van der Waals surface area contributed by atoms with Crippen molar-refractivity contribution in [2.45, 2.75) is 63.5 Å². The van der Waals surface area contributed by atoms with E-state index in [2.05, 4.69) is 17.4 Å². The van der Waals surface area contributed by atoms with E-state index in [-0.39, 0.29) is 29.9 Å². The summed E-state index contributed by atoms with van der Waals surface area (Å²) in [7, 11) is 0. The van der Waals surface area contributed by atoms with Crippen LogP contribution < -0.4 is 5.32 Å². The molecule has 4 bridgehead atoms. The second-order valence-corrected chi connectivity index (χ2v) is 10.4. The van der Waals surface area contributed by atoms with Gasteiger partial charge in [0.05, 0.1) is 18.1 Å². The Morgan fingerprint density at radius 2 is 1.81 bits per heavy atom. The number of esters is 1. The Labute approximate surface area is 183 Å². The normalized spacial score (nSPS) is 32.1. The van der Waals surface area contributed by atoms with E-state index in [4.69, 9.17) is 4.74 Å². The Balaban J connectivity index is 1.16. The van der Waals surface area contributed by atoms with Crippen molar-refractivity contribution in [1.82, 2.24) is 5.32 Å². The van der Waals surface area contributed by atoms with Gasteiger partial charge in [-0.2, -0.15) is 0 Å². The topological polar surface area (TPSA) is 75.6 Å². The van der Waals surface area contributed by atoms with Gasteiger partial charge in [0.1, 0.15) is 0 Å². The number of rotatable bonds is 6. The van der Waals surface area contributed by atoms with Crippen LogP contribution in [-0.2, 0) is 14.3 Å². The van der Waals surface area contributed by atoms with Crippen molar-refractivity contribution in [2.75, 3.05) is 6.61 Å². The number of amides is 1. The van der Waals surface area contributed by atoms with Crippen LogP contribution in [0.4, 0.5) is 0 Å². The highest BCUT2D eigenvalue weighted by Crippen LogP contribution is 2.62. The summed E-state index contributed by atoms with van der Waals surface area (Å²) in [5.41, 5.74) is 0.317. The molecule has 1 amide bonds. The first kappa shape index (κ1) is 20.5. The maximum absolute atomic E-state index is 12.6. The van der Waals surface area contributed by atoms with Crippen molar-refractivity contribution in [2.24, 2.45) is 17.3 Å². The number of carbonyl (C=O) groups excluding carboxylic acids is 2. The Bertz CT molecular complexity index is 996. The lowest BCUT2D eigenvalue weighted by Gasteiger charge is -2.60. The molecule has 4 fully saturated rings. The highest BCUT2D eigenvalue weighted by Gasteiger charge is 2.57. The van der Waals surface area contributed by atoms with Crippen LogP contribution in [0.3, 0.4) is 0 Å². The van der Waals surface area contributed by atoms with Crippen molar-refractivity contribution in [3.8, 4) is 0 Å². The summed E-state index contributed by atoms with van der Waals surface area (Å²) in [5.74, 6) is 0.448. The summed E-state index contributed by atoms with van der Waals surface area (Å²) in [5, 5.41) is 16.1. The molecule has 0 aliphatic heterocycles. The molecule has 0 saturated heterocycles. The molecular formula is C26H31NO4. The quantitative estimate of drug-likeness (QED) is 0.683. The maximum Gasteiger partial charge on any atom is 0.306 e. The molecule has 2 N–H and O–H groups in total. The van der Waals surface area contributed by atoms with Crippen molar-refractivity contribution >= 4 is 22.6 Å². The lowest BCUT2D eigenvalue weighted by molar-refractivity contribution is -0.177. The van der Waals surface area contributed by atoms with Crippen molar-refractivity contribution < 1.29 is 19.4 Å². The van der Waals surface area contributed by atoms with Crippen molar-refractivity contribution in [3.63, 3.8) is 0 Å². The number of fused-ring (bicyclic) bond motifs is 1. The van der Waals surface area contributed by atoms with Crippen LogP contribution in [0.2, 0.25) is 0 Å². The maximum atomic E-state index is 12.6. The molecule has 2 aromatic carbocycles. The Hall–Kier alpha value is -2.40. The van der Waals surface area contributed by atoms with Gasteiger partial charge in [0.25, 0.3) is 5.91 Å². The number of nitrogens with one attached hydrogen (secondary N) is 1. The van der Waals surface area contributed by atoms with Crippen molar-refractivity contribution in [3.05, 3.63) is 48.0 Å². The molecule has 0 aromatic heterocycles. The lowest BCUT2D eigenvalue weighted by Crippen LogP contribution is -2.56. The number of ether oxygens (including phenoxy) is 1. The van der Waals surface area contributed by atoms with E-state index in [1.54, 1.807) is 0 Å². The molecule has 2 unspecified atom stereocenters. The molecule has 164 valence electrons. The third kappa shape index (κ3) is 4.08. The summed E-state index contributed by atoms with van der Waals surface area (Å²) >= 11 is 0. The van der Waals surface area contributed by atoms with Gasteiger partial charge in [0, 0.05) is 0 Å². The van der Waals surface area contributed by atoms with Gasteiger partial charge >= 0.3 is 5.97 Å². The molecule has 0 spiro atoms. The van der Waals surface area contributed by atoms with Crippen LogP contribution in [0.1, 0.15) is 63.5 Å². The minimum absolute atomic E-state index is 0.136. The molecule has 5 heteroatoms. The van der Waals surface area contributed by atoms with Crippen LogP contribution in [0.15, 0.2) is 42.5 Å². The van der Waals surface area contributed by atoms with E-state index in [0.29, 0.717) is 24.7 Å². The van der Waals surface area contributed by atoms with Crippen LogP contribution in [0.5, 0.6) is 0 Å². The zero-order valence-electron chi connectivity index (χ0n) is 18.1. The van der Waals surface area contributed by atoms with E-state index in [1.165, 1.54) is 6.42 Å². The number of hydrogen-bond acceptors (Lipinski definition) is 4. The monoisotopic (exact) mass is 421 g/mol. The summed E-state index contributed by atoms with van der Waals surface area (Å²) in [6.07, 6.45) is 5.98. The fourth-order valence-corrected chi connectivity index (χ4v) is 7.10. The van der Waals surface area contributed by atoms with Gasteiger partial charge in [0.2, 0.25) is 0 Å². The van der Waals surface area contributed by atoms with E-state index in [9.17, 15) is 14.7 Å². The third-order valence-electron chi connectivity index (χ3n) is 7.70. The third-order valence-corrected chi connectivity index (χ3v) is 7.70. The predicted octanol–water partition coefficient (Wildman–Crippen LogP) is 4.28. The average Bonchev–Trinajstić information content (AvgIpc) is 2.69. The summed E-state index contributed by atoms with van der Waals surface area (Å²) in [4.78, 5) is 25.0. The van der Waals surface area contributed by atoms with E-state index in [0.717, 1.165) is 42.0 Å². The first-order valence-electron chi connectivity index (χ1n) is 11.5. The van der Waals surface area contributed by atoms with Gasteiger partial charge < -0.3 is 15.2 Å². The first-order valence-corrected chi connectivity index (χ1v) is 11.5. The molecule has 5 nitrogen and oxygen atoms in total. The molecule has 2 aromatic rings. The molecule has 31 heavy (non-hydrogen) atoms. The van der Waals surface area contributed by atoms with Crippen LogP contribution in [-0.4, -0.2) is 29.2 Å². The molecule has 0 radical (unpaired) electrons. The minimum Gasteiger partial charge on any atom is -0.456 e. The Morgan fingerprint density at radius 3 is 2.55 bits per heavy atom. The van der Waals surface area contributed by atoms with Gasteiger partial charge in [-0.05, 0) is 79.0 Å². The summed E-state index contributed by atoms with van der Waals surface area (Å²) < 4.78 is 5.37. The van der Waals surface area contributed by atoms with E-state index < -0.39 is 5.60 Å². The van der Waals surface area contributed by atoms with Gasteiger partial charge in [0.15, 0.2) is 6.61 Å². The molecule has 4 aliphatic carbocycles. The largest absolute Gasteiger partial charge is 0.456 e. The molecule has 5 atom stereocenters. The van der Waals surface area contributed by atoms with Gasteiger partial charge in [-0.15, -0.1) is 0 Å². The lowest BCUT2D eigenvalue weighted by atomic mass is 9.47. The highest BCUT2D eigenvalue weighted by atomic mass is 16.5. The van der Waals surface area contributed by atoms with Crippen LogP contribution >= 0.6 is 0 Å². The molecular weight excluding hydrogens is 390 g/mol. The smallest absolute Gasteiger partial charge is 0.306 e. The predicted molar refractivity (Wildman–Crippen MR) is 118 cm³/mol. The number of carbonyl (C=O) groups is 2. The summed E-state index contributed by atoms with van der Waals surface area (Å²) in [6.45, 7) is 1.68. The Morgan fingerprint density at radius 1 is 1.10 bits per heavy atom. The standard InChI is InChI=1S/C26H31NO4/c1-17(21-8-4-6-20-5-2-3-7-22(20)21)27-23(28)15-31-24(29)14-25-10-18-9-19(11-25)13-26(30,12-18)16-25/h2-8,17-19,30H,9-16H2,1H3,(H,27,28)/t17-,18-,19+,25?,26?/m0/s1. The van der Waals surface area contributed by atoms with Crippen LogP contribution in [0, 0.1) is 17.3 Å². The van der Waals surface area contributed by atoms with E-state index >= 15 is 0 Å². The minimum atomic E-state index is -0.588. The number of benzene rings is 2. The van der Waals surface area contributed by atoms with Gasteiger partial charge in [-0.25, -0.2) is 0 Å². The second-order valence-electron chi connectivity index (χ2n) is 10.4. The van der Waals surface area contributed by atoms with Crippen LogP contribution in [0.25, 0.3) is 10.8 Å². The fraction of sp³-hybridized carbons (Fsp3) is 0.538. The first-order chi connectivity index (χ1) is 14.8. The molecule has 0 heterocycles. The zero-order valence-corrected chi connectivity index (χ0v) is 18.1. The highest BCUT2D eigenvalue weighted by molar-refractivity contribution is 5.87. The second kappa shape index (κ2) is 7.63. The SMILES string of the molecule is C[C@H](NC(=O)COC(=O)CC12C[C@@H]3C[C@@H](CC(O)(C3)C1)C2)c1cccc2ccccc12. The zero-order chi connectivity index (χ0) is 21.6. The number of hydrogen-bond donors (Lipinski definition) is 2.